The van der Waals surface area contributed by atoms with Crippen LogP contribution in [0.5, 0.6) is 11.5 Å². The third kappa shape index (κ3) is 5.13. The summed E-state index contributed by atoms with van der Waals surface area (Å²) in [6, 6.07) is 25.7. The van der Waals surface area contributed by atoms with Crippen LogP contribution in [0.15, 0.2) is 84.2 Å². The minimum absolute atomic E-state index is 0.324. The van der Waals surface area contributed by atoms with Crippen LogP contribution in [0.1, 0.15) is 15.2 Å². The lowest BCUT2D eigenvalue weighted by Crippen LogP contribution is -2.11. The highest BCUT2D eigenvalue weighted by Gasteiger charge is 2.23. The fraction of sp³-hybridized carbons (Fsp3) is 0.0938. The summed E-state index contributed by atoms with van der Waals surface area (Å²) in [4.78, 5) is 24.1. The van der Waals surface area contributed by atoms with Gasteiger partial charge in [-0.3, -0.25) is 10.1 Å². The van der Waals surface area contributed by atoms with Crippen LogP contribution < -0.4 is 20.5 Å². The molecule has 6 aromatic rings. The second-order valence-corrected chi connectivity index (χ2v) is 11.2. The Morgan fingerprint density at radius 1 is 0.829 bits per heavy atom. The number of thiazole rings is 1. The first-order valence-electron chi connectivity index (χ1n) is 12.8. The average molecular weight is 579 g/mol. The number of carbonyl (C=O) groups is 1. The van der Waals surface area contributed by atoms with E-state index in [4.69, 9.17) is 20.2 Å². The highest BCUT2D eigenvalue weighted by Crippen LogP contribution is 2.43. The first-order valence-corrected chi connectivity index (χ1v) is 14.5. The van der Waals surface area contributed by atoms with E-state index in [1.54, 1.807) is 14.2 Å². The van der Waals surface area contributed by atoms with Crippen LogP contribution in [0.3, 0.4) is 0 Å². The van der Waals surface area contributed by atoms with E-state index in [-0.39, 0.29) is 5.91 Å². The van der Waals surface area contributed by atoms with E-state index in [1.165, 1.54) is 22.7 Å². The maximum atomic E-state index is 13.5. The molecule has 3 aromatic carbocycles. The predicted octanol–water partition coefficient (Wildman–Crippen LogP) is 7.91. The van der Waals surface area contributed by atoms with Gasteiger partial charge >= 0.3 is 0 Å². The van der Waals surface area contributed by atoms with Crippen LogP contribution in [0, 0.1) is 6.92 Å². The Kier molecular flexibility index (Phi) is 7.13. The molecule has 3 heterocycles. The lowest BCUT2D eigenvalue weighted by Gasteiger charge is -2.12. The molecule has 204 valence electrons. The van der Waals surface area contributed by atoms with Gasteiger partial charge in [0.1, 0.15) is 9.71 Å². The number of ether oxygens (including phenoxy) is 2. The number of aromatic nitrogens is 2. The standard InChI is InChI=1S/C32H26N4O3S2/c1-18-9-11-20(12-10-18)23-16-22(21-13-14-25(38-2)26(15-21)39-3)27-28(33)29(41-31(27)34-23)30(37)36-32-35-24(17-40-32)19-7-5-4-6-8-19/h4-17H,33H2,1-3H3,(H,35,36,37). The summed E-state index contributed by atoms with van der Waals surface area (Å²) in [5.41, 5.74) is 13.5. The highest BCUT2D eigenvalue weighted by molar-refractivity contribution is 7.21. The molecule has 0 unspecified atom stereocenters. The summed E-state index contributed by atoms with van der Waals surface area (Å²) < 4.78 is 11.0. The van der Waals surface area contributed by atoms with Gasteiger partial charge in [0.15, 0.2) is 16.6 Å². The second kappa shape index (κ2) is 11.0. The van der Waals surface area contributed by atoms with Crippen molar-refractivity contribution in [1.82, 2.24) is 9.97 Å². The molecule has 0 saturated heterocycles. The number of amides is 1. The fourth-order valence-electron chi connectivity index (χ4n) is 4.62. The number of carbonyl (C=O) groups excluding carboxylic acids is 1. The van der Waals surface area contributed by atoms with Crippen molar-refractivity contribution in [3.05, 3.63) is 94.7 Å². The molecule has 0 saturated carbocycles. The van der Waals surface area contributed by atoms with Gasteiger partial charge in [0, 0.05) is 21.9 Å². The lowest BCUT2D eigenvalue weighted by atomic mass is 9.98. The Balaban J connectivity index is 1.44. The molecular weight excluding hydrogens is 553 g/mol. The molecule has 0 spiro atoms. The number of benzene rings is 3. The van der Waals surface area contributed by atoms with Crippen molar-refractivity contribution in [2.45, 2.75) is 6.92 Å². The van der Waals surface area contributed by atoms with Crippen molar-refractivity contribution < 1.29 is 14.3 Å². The topological polar surface area (TPSA) is 99.4 Å². The number of fused-ring (bicyclic) bond motifs is 1. The largest absolute Gasteiger partial charge is 0.493 e. The Labute approximate surface area is 245 Å². The van der Waals surface area contributed by atoms with Crippen LogP contribution in [0.25, 0.3) is 43.9 Å². The average Bonchev–Trinajstić information content (AvgIpc) is 3.61. The van der Waals surface area contributed by atoms with Gasteiger partial charge in [-0.1, -0.05) is 66.2 Å². The molecule has 6 rings (SSSR count). The second-order valence-electron chi connectivity index (χ2n) is 9.37. The predicted molar refractivity (Wildman–Crippen MR) is 168 cm³/mol. The normalized spacial score (nSPS) is 11.0. The zero-order valence-corrected chi connectivity index (χ0v) is 24.2. The van der Waals surface area contributed by atoms with Gasteiger partial charge in [-0.2, -0.15) is 0 Å². The van der Waals surface area contributed by atoms with Crippen LogP contribution >= 0.6 is 22.7 Å². The quantitative estimate of drug-likeness (QED) is 0.200. The Hall–Kier alpha value is -4.73. The molecule has 1 amide bonds. The molecule has 0 aliphatic heterocycles. The van der Waals surface area contributed by atoms with Gasteiger partial charge in [-0.05, 0) is 36.2 Å². The van der Waals surface area contributed by atoms with Crippen molar-refractivity contribution in [2.24, 2.45) is 0 Å². The molecule has 41 heavy (non-hydrogen) atoms. The van der Waals surface area contributed by atoms with Gasteiger partial charge < -0.3 is 15.2 Å². The van der Waals surface area contributed by atoms with E-state index in [0.717, 1.165) is 39.2 Å². The first kappa shape index (κ1) is 26.5. The van der Waals surface area contributed by atoms with Crippen molar-refractivity contribution in [1.29, 1.82) is 0 Å². The molecular formula is C32H26N4O3S2. The van der Waals surface area contributed by atoms with Crippen LogP contribution in [0.4, 0.5) is 10.8 Å². The minimum Gasteiger partial charge on any atom is -0.493 e. The number of nitrogens with zero attached hydrogens (tertiary/aromatic N) is 2. The maximum Gasteiger partial charge on any atom is 0.269 e. The number of nitrogen functional groups attached to an aromatic ring is 1. The van der Waals surface area contributed by atoms with Crippen molar-refractivity contribution in [2.75, 3.05) is 25.3 Å². The number of nitrogens with one attached hydrogen (secondary N) is 1. The first-order chi connectivity index (χ1) is 19.9. The van der Waals surface area contributed by atoms with E-state index < -0.39 is 0 Å². The third-order valence-electron chi connectivity index (χ3n) is 6.74. The Morgan fingerprint density at radius 2 is 1.54 bits per heavy atom. The number of thiophene rings is 1. The van der Waals surface area contributed by atoms with Crippen molar-refractivity contribution in [3.63, 3.8) is 0 Å². The van der Waals surface area contributed by atoms with E-state index in [2.05, 4.69) is 22.4 Å². The number of rotatable bonds is 7. The van der Waals surface area contributed by atoms with E-state index in [0.29, 0.717) is 37.4 Å². The molecule has 7 nitrogen and oxygen atoms in total. The lowest BCUT2D eigenvalue weighted by molar-refractivity contribution is 0.103. The number of methoxy groups -OCH3 is 2. The molecule has 0 bridgehead atoms. The molecule has 0 aliphatic rings. The van der Waals surface area contributed by atoms with Gasteiger partial charge in [0.25, 0.3) is 5.91 Å². The number of nitrogens with two attached hydrogens (primary N) is 1. The smallest absolute Gasteiger partial charge is 0.269 e. The van der Waals surface area contributed by atoms with E-state index in [1.807, 2.05) is 79.0 Å². The molecule has 0 radical (unpaired) electrons. The molecule has 3 N–H and O–H groups in total. The van der Waals surface area contributed by atoms with Gasteiger partial charge in [-0.15, -0.1) is 22.7 Å². The summed E-state index contributed by atoms with van der Waals surface area (Å²) in [5.74, 6) is 0.892. The number of hydrogen-bond donors (Lipinski definition) is 2. The van der Waals surface area contributed by atoms with Crippen LogP contribution in [0.2, 0.25) is 0 Å². The molecule has 0 fully saturated rings. The monoisotopic (exact) mass is 578 g/mol. The number of pyridine rings is 1. The zero-order chi connectivity index (χ0) is 28.5. The molecule has 9 heteroatoms. The summed E-state index contributed by atoms with van der Waals surface area (Å²) in [6.45, 7) is 2.05. The summed E-state index contributed by atoms with van der Waals surface area (Å²) in [5, 5.41) is 6.06. The summed E-state index contributed by atoms with van der Waals surface area (Å²) in [7, 11) is 3.20. The van der Waals surface area contributed by atoms with Gasteiger partial charge in [0.2, 0.25) is 0 Å². The number of anilines is 2. The summed E-state index contributed by atoms with van der Waals surface area (Å²) in [6.07, 6.45) is 0. The number of aryl methyl sites for hydroxylation is 1. The molecule has 0 atom stereocenters. The molecule has 0 aliphatic carbocycles. The SMILES string of the molecule is COc1ccc(-c2cc(-c3ccc(C)cc3)nc3sc(C(=O)Nc4nc(-c5ccccc5)cs4)c(N)c23)cc1OC. The highest BCUT2D eigenvalue weighted by atomic mass is 32.1. The zero-order valence-electron chi connectivity index (χ0n) is 22.6. The fourth-order valence-corrected chi connectivity index (χ4v) is 6.35. The van der Waals surface area contributed by atoms with E-state index in [9.17, 15) is 4.79 Å². The van der Waals surface area contributed by atoms with E-state index >= 15 is 0 Å². The van der Waals surface area contributed by atoms with Crippen molar-refractivity contribution >= 4 is 49.6 Å². The van der Waals surface area contributed by atoms with Crippen LogP contribution in [-0.2, 0) is 0 Å². The molecule has 3 aromatic heterocycles. The van der Waals surface area contributed by atoms with Crippen LogP contribution in [-0.4, -0.2) is 30.1 Å². The minimum atomic E-state index is -0.324. The summed E-state index contributed by atoms with van der Waals surface area (Å²) >= 11 is 2.63. The van der Waals surface area contributed by atoms with Gasteiger partial charge in [-0.25, -0.2) is 9.97 Å². The van der Waals surface area contributed by atoms with Crippen molar-refractivity contribution in [3.8, 4) is 45.1 Å². The maximum absolute atomic E-state index is 13.5. The number of hydrogen-bond acceptors (Lipinski definition) is 8. The Bertz CT molecular complexity index is 1880. The third-order valence-corrected chi connectivity index (χ3v) is 8.60. The Morgan fingerprint density at radius 3 is 2.27 bits per heavy atom. The van der Waals surface area contributed by atoms with Gasteiger partial charge in [0.05, 0.1) is 31.3 Å².